The van der Waals surface area contributed by atoms with E-state index in [9.17, 15) is 4.79 Å². The van der Waals surface area contributed by atoms with Crippen LogP contribution in [-0.2, 0) is 0 Å². The van der Waals surface area contributed by atoms with Crippen LogP contribution in [-0.4, -0.2) is 30.7 Å². The molecule has 2 N–H and O–H groups in total. The van der Waals surface area contributed by atoms with E-state index in [1.54, 1.807) is 29.2 Å². The quantitative estimate of drug-likeness (QED) is 0.702. The Morgan fingerprint density at radius 3 is 3.11 bits per heavy atom. The predicted octanol–water partition coefficient (Wildman–Crippen LogP) is 1.01. The Labute approximate surface area is 102 Å². The van der Waals surface area contributed by atoms with E-state index < -0.39 is 0 Å². The van der Waals surface area contributed by atoms with Crippen molar-refractivity contribution in [2.45, 2.75) is 6.92 Å². The lowest BCUT2D eigenvalue weighted by molar-refractivity contribution is 0.102. The minimum Gasteiger partial charge on any atom is -0.319 e. The molecule has 0 spiro atoms. The van der Waals surface area contributed by atoms with Gasteiger partial charge in [0.1, 0.15) is 5.56 Å². The fourth-order valence-corrected chi connectivity index (χ4v) is 1.65. The second-order valence-corrected chi connectivity index (χ2v) is 3.81. The van der Waals surface area contributed by atoms with Crippen molar-refractivity contribution >= 4 is 17.2 Å². The third kappa shape index (κ3) is 1.61. The molecule has 0 saturated carbocycles. The molecule has 0 aromatic carbocycles. The maximum Gasteiger partial charge on any atom is 0.261 e. The molecule has 0 fully saturated rings. The average molecular weight is 242 g/mol. The van der Waals surface area contributed by atoms with Gasteiger partial charge in [0.05, 0.1) is 23.8 Å². The average Bonchev–Trinajstić information content (AvgIpc) is 2.96. The van der Waals surface area contributed by atoms with Crippen molar-refractivity contribution in [2.75, 3.05) is 5.32 Å². The van der Waals surface area contributed by atoms with Crippen LogP contribution in [0.1, 0.15) is 16.1 Å². The van der Waals surface area contributed by atoms with Crippen LogP contribution in [0.25, 0.3) is 5.65 Å². The van der Waals surface area contributed by atoms with E-state index in [-0.39, 0.29) is 5.91 Å². The van der Waals surface area contributed by atoms with E-state index in [0.29, 0.717) is 16.9 Å². The van der Waals surface area contributed by atoms with Crippen LogP contribution < -0.4 is 5.32 Å². The summed E-state index contributed by atoms with van der Waals surface area (Å²) in [5.74, 6) is -0.256. The number of H-pyrrole nitrogens is 1. The molecule has 0 bridgehead atoms. The van der Waals surface area contributed by atoms with Gasteiger partial charge in [-0.1, -0.05) is 0 Å². The number of amides is 1. The van der Waals surface area contributed by atoms with E-state index in [0.717, 1.165) is 5.69 Å². The second-order valence-electron chi connectivity index (χ2n) is 3.81. The molecule has 1 amide bonds. The molecule has 0 unspecified atom stereocenters. The van der Waals surface area contributed by atoms with Crippen LogP contribution in [0.15, 0.2) is 30.9 Å². The molecule has 3 aromatic heterocycles. The Hall–Kier alpha value is -2.70. The van der Waals surface area contributed by atoms with Crippen LogP contribution in [0.3, 0.4) is 0 Å². The Kier molecular flexibility index (Phi) is 2.30. The Morgan fingerprint density at radius 1 is 1.44 bits per heavy atom. The molecular weight excluding hydrogens is 232 g/mol. The second kappa shape index (κ2) is 3.95. The highest BCUT2D eigenvalue weighted by atomic mass is 16.1. The number of anilines is 1. The molecular formula is C11H10N6O. The number of carbonyl (C=O) groups excluding carboxylic acids is 1. The first-order valence-electron chi connectivity index (χ1n) is 5.35. The van der Waals surface area contributed by atoms with Gasteiger partial charge in [0.2, 0.25) is 0 Å². The zero-order chi connectivity index (χ0) is 12.5. The lowest BCUT2D eigenvalue weighted by atomic mass is 10.3. The minimum atomic E-state index is -0.256. The molecule has 3 heterocycles. The number of aromatic nitrogens is 5. The first-order valence-corrected chi connectivity index (χ1v) is 5.35. The zero-order valence-electron chi connectivity index (χ0n) is 9.58. The van der Waals surface area contributed by atoms with Crippen LogP contribution in [0.2, 0.25) is 0 Å². The number of aromatic amines is 1. The molecule has 0 aliphatic rings. The molecule has 0 saturated heterocycles. The largest absolute Gasteiger partial charge is 0.319 e. The molecule has 18 heavy (non-hydrogen) atoms. The summed E-state index contributed by atoms with van der Waals surface area (Å²) in [5.41, 5.74) is 2.40. The number of nitrogens with zero attached hydrogens (tertiary/aromatic N) is 4. The van der Waals surface area contributed by atoms with E-state index in [1.807, 2.05) is 6.92 Å². The highest BCUT2D eigenvalue weighted by Gasteiger charge is 2.14. The minimum absolute atomic E-state index is 0.256. The van der Waals surface area contributed by atoms with Crippen molar-refractivity contribution in [1.82, 2.24) is 24.8 Å². The lowest BCUT2D eigenvalue weighted by Gasteiger charge is -2.01. The fraction of sp³-hybridized carbons (Fsp3) is 0.0909. The summed E-state index contributed by atoms with van der Waals surface area (Å²) in [7, 11) is 0. The monoisotopic (exact) mass is 242 g/mol. The third-order valence-corrected chi connectivity index (χ3v) is 2.60. The molecule has 3 aromatic rings. The standard InChI is InChI=1S/C11H10N6O/c1-7-9(6-13-16-7)15-11(18)8-5-14-17-4-2-3-12-10(8)17/h2-6H,1H3,(H,13,16)(H,15,18). The number of nitrogens with one attached hydrogen (secondary N) is 2. The van der Waals surface area contributed by atoms with Gasteiger partial charge in [-0.2, -0.15) is 10.2 Å². The van der Waals surface area contributed by atoms with Gasteiger partial charge in [-0.05, 0) is 13.0 Å². The first-order chi connectivity index (χ1) is 8.75. The Bertz CT molecular complexity index is 713. The van der Waals surface area contributed by atoms with Gasteiger partial charge < -0.3 is 5.32 Å². The van der Waals surface area contributed by atoms with Gasteiger partial charge in [0, 0.05) is 12.4 Å². The van der Waals surface area contributed by atoms with Crippen molar-refractivity contribution in [3.05, 3.63) is 42.1 Å². The number of hydrogen-bond acceptors (Lipinski definition) is 4. The number of aryl methyl sites for hydroxylation is 1. The van der Waals surface area contributed by atoms with Crippen molar-refractivity contribution < 1.29 is 4.79 Å². The summed E-state index contributed by atoms with van der Waals surface area (Å²) in [6.45, 7) is 1.83. The molecule has 3 rings (SSSR count). The molecule has 7 heteroatoms. The van der Waals surface area contributed by atoms with Gasteiger partial charge in [0.25, 0.3) is 5.91 Å². The Morgan fingerprint density at radius 2 is 2.33 bits per heavy atom. The maximum absolute atomic E-state index is 12.1. The summed E-state index contributed by atoms with van der Waals surface area (Å²) in [6.07, 6.45) is 6.42. The number of rotatable bonds is 2. The Balaban J connectivity index is 1.95. The number of hydrogen-bond donors (Lipinski definition) is 2. The fourth-order valence-electron chi connectivity index (χ4n) is 1.65. The highest BCUT2D eigenvalue weighted by molar-refractivity contribution is 6.08. The zero-order valence-corrected chi connectivity index (χ0v) is 9.58. The van der Waals surface area contributed by atoms with Gasteiger partial charge >= 0.3 is 0 Å². The van der Waals surface area contributed by atoms with E-state index in [1.165, 1.54) is 6.20 Å². The topological polar surface area (TPSA) is 88.0 Å². The smallest absolute Gasteiger partial charge is 0.261 e. The van der Waals surface area contributed by atoms with Crippen LogP contribution in [0.4, 0.5) is 5.69 Å². The van der Waals surface area contributed by atoms with Crippen LogP contribution >= 0.6 is 0 Å². The highest BCUT2D eigenvalue weighted by Crippen LogP contribution is 2.13. The maximum atomic E-state index is 12.1. The first kappa shape index (κ1) is 10.5. The summed E-state index contributed by atoms with van der Waals surface area (Å²) in [4.78, 5) is 16.2. The van der Waals surface area contributed by atoms with Gasteiger partial charge in [-0.15, -0.1) is 0 Å². The molecule has 0 atom stereocenters. The summed E-state index contributed by atoms with van der Waals surface area (Å²) >= 11 is 0. The third-order valence-electron chi connectivity index (χ3n) is 2.60. The molecule has 0 aliphatic carbocycles. The van der Waals surface area contributed by atoms with Gasteiger partial charge in [-0.25, -0.2) is 9.50 Å². The molecule has 0 aliphatic heterocycles. The predicted molar refractivity (Wildman–Crippen MR) is 64.3 cm³/mol. The summed E-state index contributed by atoms with van der Waals surface area (Å²) < 4.78 is 1.55. The van der Waals surface area contributed by atoms with Crippen LogP contribution in [0, 0.1) is 6.92 Å². The van der Waals surface area contributed by atoms with Crippen molar-refractivity contribution in [1.29, 1.82) is 0 Å². The van der Waals surface area contributed by atoms with Crippen LogP contribution in [0.5, 0.6) is 0 Å². The van der Waals surface area contributed by atoms with Crippen molar-refractivity contribution in [2.24, 2.45) is 0 Å². The normalized spacial score (nSPS) is 10.7. The molecule has 90 valence electrons. The van der Waals surface area contributed by atoms with E-state index in [4.69, 9.17) is 0 Å². The van der Waals surface area contributed by atoms with Gasteiger partial charge in [-0.3, -0.25) is 9.89 Å². The van der Waals surface area contributed by atoms with Crippen molar-refractivity contribution in [3.63, 3.8) is 0 Å². The SMILES string of the molecule is Cc1[nH]ncc1NC(=O)c1cnn2cccnc12. The summed E-state index contributed by atoms with van der Waals surface area (Å²) in [5, 5.41) is 13.4. The molecule has 0 radical (unpaired) electrons. The molecule has 7 nitrogen and oxygen atoms in total. The van der Waals surface area contributed by atoms with E-state index in [2.05, 4.69) is 25.6 Å². The van der Waals surface area contributed by atoms with E-state index >= 15 is 0 Å². The number of carbonyl (C=O) groups is 1. The van der Waals surface area contributed by atoms with Gasteiger partial charge in [0.15, 0.2) is 5.65 Å². The number of fused-ring (bicyclic) bond motifs is 1. The summed E-state index contributed by atoms with van der Waals surface area (Å²) in [6, 6.07) is 1.75. The lowest BCUT2D eigenvalue weighted by Crippen LogP contribution is -2.12. The van der Waals surface area contributed by atoms with Crippen molar-refractivity contribution in [3.8, 4) is 0 Å².